The predicted molar refractivity (Wildman–Crippen MR) is 104 cm³/mol. The van der Waals surface area contributed by atoms with Gasteiger partial charge in [0.25, 0.3) is 0 Å². The first-order valence-electron chi connectivity index (χ1n) is 8.92. The number of benzene rings is 2. The largest absolute Gasteiger partial charge is 0.293 e. The molecule has 0 aliphatic heterocycles. The average Bonchev–Trinajstić information content (AvgIpc) is 3.43. The number of carbonyl (C=O) groups excluding carboxylic acids is 1. The van der Waals surface area contributed by atoms with E-state index in [0.717, 1.165) is 40.6 Å². The van der Waals surface area contributed by atoms with Crippen molar-refractivity contribution < 1.29 is 4.79 Å². The van der Waals surface area contributed by atoms with Crippen molar-refractivity contribution in [1.29, 1.82) is 0 Å². The van der Waals surface area contributed by atoms with Crippen molar-refractivity contribution in [1.82, 2.24) is 14.8 Å². The summed E-state index contributed by atoms with van der Waals surface area (Å²) in [5.74, 6) is 1.61. The van der Waals surface area contributed by atoms with Crippen molar-refractivity contribution in [3.05, 3.63) is 71.5 Å². The average molecular weight is 363 g/mol. The zero-order valence-electron chi connectivity index (χ0n) is 14.9. The molecule has 0 radical (unpaired) electrons. The Morgan fingerprint density at radius 3 is 2.42 bits per heavy atom. The summed E-state index contributed by atoms with van der Waals surface area (Å²) >= 11 is 1.48. The summed E-state index contributed by atoms with van der Waals surface area (Å²) in [6.07, 6.45) is 2.32. The maximum absolute atomic E-state index is 12.8. The molecule has 1 saturated carbocycles. The molecule has 1 fully saturated rings. The van der Waals surface area contributed by atoms with Gasteiger partial charge in [0.05, 0.1) is 5.25 Å². The van der Waals surface area contributed by atoms with Crippen LogP contribution in [0.5, 0.6) is 0 Å². The fourth-order valence-corrected chi connectivity index (χ4v) is 3.90. The maximum atomic E-state index is 12.8. The van der Waals surface area contributed by atoms with Crippen LogP contribution in [-0.4, -0.2) is 25.8 Å². The van der Waals surface area contributed by atoms with Gasteiger partial charge in [-0.1, -0.05) is 59.8 Å². The lowest BCUT2D eigenvalue weighted by Gasteiger charge is -2.13. The summed E-state index contributed by atoms with van der Waals surface area (Å²) in [5, 5.41) is 9.40. The van der Waals surface area contributed by atoms with Crippen molar-refractivity contribution in [3.8, 4) is 5.69 Å². The number of thioether (sulfide) groups is 1. The first-order valence-corrected chi connectivity index (χ1v) is 9.79. The molecular weight excluding hydrogens is 342 g/mol. The van der Waals surface area contributed by atoms with E-state index in [1.165, 1.54) is 11.8 Å². The molecule has 0 amide bonds. The molecule has 1 aromatic heterocycles. The van der Waals surface area contributed by atoms with Crippen molar-refractivity contribution in [2.24, 2.45) is 0 Å². The maximum Gasteiger partial charge on any atom is 0.196 e. The Labute approximate surface area is 157 Å². The fourth-order valence-electron chi connectivity index (χ4n) is 2.95. The van der Waals surface area contributed by atoms with Crippen LogP contribution in [0.1, 0.15) is 47.4 Å². The van der Waals surface area contributed by atoms with Crippen molar-refractivity contribution in [2.45, 2.75) is 43.0 Å². The molecule has 0 saturated heterocycles. The molecule has 5 heteroatoms. The summed E-state index contributed by atoms with van der Waals surface area (Å²) in [6, 6.07) is 17.9. The van der Waals surface area contributed by atoms with E-state index in [-0.39, 0.29) is 11.0 Å². The van der Waals surface area contributed by atoms with Crippen LogP contribution in [0.3, 0.4) is 0 Å². The van der Waals surface area contributed by atoms with E-state index in [0.29, 0.717) is 5.92 Å². The van der Waals surface area contributed by atoms with Gasteiger partial charge in [-0.05, 0) is 38.8 Å². The monoisotopic (exact) mass is 363 g/mol. The van der Waals surface area contributed by atoms with E-state index in [2.05, 4.69) is 26.9 Å². The summed E-state index contributed by atoms with van der Waals surface area (Å²) in [5.41, 5.74) is 2.94. The fraction of sp³-hybridized carbons (Fsp3) is 0.286. The van der Waals surface area contributed by atoms with Crippen molar-refractivity contribution in [2.75, 3.05) is 0 Å². The molecule has 1 atom stereocenters. The van der Waals surface area contributed by atoms with Gasteiger partial charge in [0.1, 0.15) is 5.82 Å². The van der Waals surface area contributed by atoms with E-state index in [1.807, 2.05) is 56.3 Å². The first kappa shape index (κ1) is 17.0. The Hall–Kier alpha value is -2.40. The number of nitrogens with zero attached hydrogens (tertiary/aromatic N) is 3. The van der Waals surface area contributed by atoms with E-state index in [4.69, 9.17) is 0 Å². The topological polar surface area (TPSA) is 47.8 Å². The van der Waals surface area contributed by atoms with Gasteiger partial charge in [-0.25, -0.2) is 0 Å². The number of ketones is 1. The van der Waals surface area contributed by atoms with Crippen LogP contribution in [0.4, 0.5) is 0 Å². The number of aromatic nitrogens is 3. The van der Waals surface area contributed by atoms with Crippen LogP contribution in [0.15, 0.2) is 59.8 Å². The van der Waals surface area contributed by atoms with Gasteiger partial charge in [0.15, 0.2) is 10.9 Å². The SMILES string of the molecule is Cc1ccc(C(=O)[C@H](C)Sc2nnc(C3CC3)n2-c2ccccc2)cc1. The molecule has 2 aromatic carbocycles. The molecular formula is C21H21N3OS. The summed E-state index contributed by atoms with van der Waals surface area (Å²) in [6.45, 7) is 3.96. The lowest BCUT2D eigenvalue weighted by molar-refractivity contribution is 0.0994. The highest BCUT2D eigenvalue weighted by molar-refractivity contribution is 8.00. The van der Waals surface area contributed by atoms with E-state index in [9.17, 15) is 4.79 Å². The van der Waals surface area contributed by atoms with Crippen LogP contribution < -0.4 is 0 Å². The number of carbonyl (C=O) groups is 1. The van der Waals surface area contributed by atoms with Crippen LogP contribution in [-0.2, 0) is 0 Å². The summed E-state index contributed by atoms with van der Waals surface area (Å²) in [7, 11) is 0. The summed E-state index contributed by atoms with van der Waals surface area (Å²) < 4.78 is 2.11. The molecule has 4 nitrogen and oxygen atoms in total. The molecule has 1 aliphatic carbocycles. The molecule has 0 unspecified atom stereocenters. The standard InChI is InChI=1S/C21H21N3OS/c1-14-8-10-16(11-9-14)19(25)15(2)26-21-23-22-20(17-12-13-17)24(21)18-6-4-3-5-7-18/h3-11,15,17H,12-13H2,1-2H3/t15-/m0/s1. The Kier molecular flexibility index (Phi) is 4.64. The minimum absolute atomic E-state index is 0.116. The molecule has 0 N–H and O–H groups in total. The first-order chi connectivity index (χ1) is 12.6. The molecule has 26 heavy (non-hydrogen) atoms. The van der Waals surface area contributed by atoms with E-state index >= 15 is 0 Å². The Morgan fingerprint density at radius 1 is 1.08 bits per heavy atom. The van der Waals surface area contributed by atoms with Gasteiger partial charge in [-0.3, -0.25) is 9.36 Å². The third-order valence-electron chi connectivity index (χ3n) is 4.60. The molecule has 4 rings (SSSR count). The minimum Gasteiger partial charge on any atom is -0.293 e. The zero-order chi connectivity index (χ0) is 18.1. The molecule has 132 valence electrons. The van der Waals surface area contributed by atoms with Crippen LogP contribution in [0.2, 0.25) is 0 Å². The second-order valence-corrected chi connectivity index (χ2v) is 8.08. The van der Waals surface area contributed by atoms with Gasteiger partial charge in [-0.2, -0.15) is 0 Å². The number of rotatable bonds is 6. The van der Waals surface area contributed by atoms with Crippen LogP contribution in [0.25, 0.3) is 5.69 Å². The van der Waals surface area contributed by atoms with Gasteiger partial charge in [0, 0.05) is 17.2 Å². The van der Waals surface area contributed by atoms with Gasteiger partial charge >= 0.3 is 0 Å². The highest BCUT2D eigenvalue weighted by Gasteiger charge is 2.31. The molecule has 1 aliphatic rings. The number of aryl methyl sites for hydroxylation is 1. The Morgan fingerprint density at radius 2 is 1.77 bits per heavy atom. The second-order valence-electron chi connectivity index (χ2n) is 6.78. The van der Waals surface area contributed by atoms with E-state index in [1.54, 1.807) is 0 Å². The lowest BCUT2D eigenvalue weighted by atomic mass is 10.1. The number of hydrogen-bond donors (Lipinski definition) is 0. The summed E-state index contributed by atoms with van der Waals surface area (Å²) in [4.78, 5) is 12.8. The normalized spacial score (nSPS) is 15.0. The third-order valence-corrected chi connectivity index (χ3v) is 5.65. The van der Waals surface area contributed by atoms with Crippen LogP contribution in [0, 0.1) is 6.92 Å². The lowest BCUT2D eigenvalue weighted by Crippen LogP contribution is -2.14. The molecule has 0 bridgehead atoms. The Bertz CT molecular complexity index is 914. The van der Waals surface area contributed by atoms with Gasteiger partial charge < -0.3 is 0 Å². The van der Waals surface area contributed by atoms with E-state index < -0.39 is 0 Å². The third kappa shape index (κ3) is 3.44. The smallest absolute Gasteiger partial charge is 0.196 e. The van der Waals surface area contributed by atoms with Crippen LogP contribution >= 0.6 is 11.8 Å². The molecule has 1 heterocycles. The number of para-hydroxylation sites is 1. The minimum atomic E-state index is -0.226. The number of hydrogen-bond acceptors (Lipinski definition) is 4. The zero-order valence-corrected chi connectivity index (χ0v) is 15.7. The van der Waals surface area contributed by atoms with Gasteiger partial charge in [0.2, 0.25) is 0 Å². The quantitative estimate of drug-likeness (QED) is 0.465. The van der Waals surface area contributed by atoms with Gasteiger partial charge in [-0.15, -0.1) is 10.2 Å². The number of Topliss-reactive ketones (excluding diaryl/α,β-unsaturated/α-hetero) is 1. The highest BCUT2D eigenvalue weighted by atomic mass is 32.2. The molecule has 3 aromatic rings. The Balaban J connectivity index is 1.62. The van der Waals surface area contributed by atoms with Crippen molar-refractivity contribution >= 4 is 17.5 Å². The second kappa shape index (κ2) is 7.08. The highest BCUT2D eigenvalue weighted by Crippen LogP contribution is 2.41. The van der Waals surface area contributed by atoms with Crippen molar-refractivity contribution in [3.63, 3.8) is 0 Å². The molecule has 0 spiro atoms. The predicted octanol–water partition coefficient (Wildman–Crippen LogP) is 4.82.